The maximum absolute atomic E-state index is 5.81. The van der Waals surface area contributed by atoms with E-state index in [-0.39, 0.29) is 0 Å². The van der Waals surface area contributed by atoms with Gasteiger partial charge in [0.25, 0.3) is 0 Å². The summed E-state index contributed by atoms with van der Waals surface area (Å²) in [6.07, 6.45) is 0. The van der Waals surface area contributed by atoms with Crippen molar-refractivity contribution in [2.75, 3.05) is 25.9 Å². The number of rotatable bonds is 6. The Balaban J connectivity index is 2.88. The predicted molar refractivity (Wildman–Crippen MR) is 68.6 cm³/mol. The Kier molecular flexibility index (Phi) is 5.76. The van der Waals surface area contributed by atoms with Crippen LogP contribution in [-0.4, -0.2) is 25.9 Å². The zero-order chi connectivity index (χ0) is 11.1. The van der Waals surface area contributed by atoms with Crippen LogP contribution in [0.25, 0.3) is 0 Å². The summed E-state index contributed by atoms with van der Waals surface area (Å²) in [5, 5.41) is 3.20. The summed E-state index contributed by atoms with van der Waals surface area (Å²) in [6, 6.07) is 8.55. The molecule has 0 saturated heterocycles. The van der Waals surface area contributed by atoms with Gasteiger partial charge in [-0.2, -0.15) is 0 Å². The molecular weight excluding hydrogens is 204 g/mol. The van der Waals surface area contributed by atoms with Crippen molar-refractivity contribution in [1.82, 2.24) is 5.32 Å². The minimum atomic E-state index is 0.422. The third-order valence-electron chi connectivity index (χ3n) is 2.39. The second kappa shape index (κ2) is 6.88. The van der Waals surface area contributed by atoms with E-state index in [1.807, 2.05) is 18.8 Å². The molecule has 1 aromatic carbocycles. The molecule has 0 aliphatic rings. The Hall–Kier alpha value is -0.510. The fourth-order valence-electron chi connectivity index (χ4n) is 1.67. The topological polar surface area (TPSA) is 38.0 Å². The maximum atomic E-state index is 5.81. The van der Waals surface area contributed by atoms with Crippen LogP contribution < -0.4 is 11.1 Å². The summed E-state index contributed by atoms with van der Waals surface area (Å²) in [7, 11) is 1.97. The van der Waals surface area contributed by atoms with Crippen molar-refractivity contribution in [3.8, 4) is 0 Å². The number of nitrogens with two attached hydrogens (primary N) is 1. The van der Waals surface area contributed by atoms with Crippen LogP contribution in [-0.2, 0) is 0 Å². The van der Waals surface area contributed by atoms with Crippen LogP contribution in [0.15, 0.2) is 29.2 Å². The van der Waals surface area contributed by atoms with E-state index in [9.17, 15) is 0 Å². The van der Waals surface area contributed by atoms with E-state index in [0.29, 0.717) is 12.5 Å². The second-order valence-corrected chi connectivity index (χ2v) is 4.77. The highest BCUT2D eigenvalue weighted by atomic mass is 32.2. The molecule has 0 aliphatic carbocycles. The van der Waals surface area contributed by atoms with Gasteiger partial charge < -0.3 is 11.1 Å². The monoisotopic (exact) mass is 224 g/mol. The molecule has 0 radical (unpaired) electrons. The standard InChI is InChI=1S/C12H20N2S/c1-3-15-12-7-5-4-6-11(12)10(8-13)9-14-2/h4-7,10,14H,3,8-9,13H2,1-2H3. The summed E-state index contributed by atoms with van der Waals surface area (Å²) in [6.45, 7) is 3.82. The average Bonchev–Trinajstić information content (AvgIpc) is 2.27. The van der Waals surface area contributed by atoms with Gasteiger partial charge >= 0.3 is 0 Å². The van der Waals surface area contributed by atoms with Gasteiger partial charge in [0.05, 0.1) is 0 Å². The van der Waals surface area contributed by atoms with E-state index in [2.05, 4.69) is 36.5 Å². The van der Waals surface area contributed by atoms with Gasteiger partial charge in [-0.25, -0.2) is 0 Å². The Morgan fingerprint density at radius 1 is 1.40 bits per heavy atom. The van der Waals surface area contributed by atoms with E-state index < -0.39 is 0 Å². The molecule has 3 N–H and O–H groups in total. The molecule has 3 heteroatoms. The number of hydrogen-bond donors (Lipinski definition) is 2. The summed E-state index contributed by atoms with van der Waals surface area (Å²) >= 11 is 1.89. The maximum Gasteiger partial charge on any atom is 0.0108 e. The molecule has 0 saturated carbocycles. The van der Waals surface area contributed by atoms with Crippen molar-refractivity contribution in [3.05, 3.63) is 29.8 Å². The molecule has 0 amide bonds. The lowest BCUT2D eigenvalue weighted by molar-refractivity contribution is 0.629. The minimum absolute atomic E-state index is 0.422. The van der Waals surface area contributed by atoms with E-state index in [1.165, 1.54) is 10.5 Å². The Bertz CT molecular complexity index is 289. The molecule has 0 bridgehead atoms. The highest BCUT2D eigenvalue weighted by Crippen LogP contribution is 2.27. The van der Waals surface area contributed by atoms with Gasteiger partial charge in [-0.3, -0.25) is 0 Å². The molecule has 0 heterocycles. The molecule has 2 nitrogen and oxygen atoms in total. The Morgan fingerprint density at radius 3 is 2.73 bits per heavy atom. The van der Waals surface area contributed by atoms with Crippen LogP contribution in [0.1, 0.15) is 18.4 Å². The smallest absolute Gasteiger partial charge is 0.0108 e. The second-order valence-electron chi connectivity index (χ2n) is 3.46. The first-order valence-corrected chi connectivity index (χ1v) is 6.38. The van der Waals surface area contributed by atoms with Crippen LogP contribution in [0.2, 0.25) is 0 Å². The first kappa shape index (κ1) is 12.6. The van der Waals surface area contributed by atoms with Gasteiger partial charge in [0, 0.05) is 23.9 Å². The highest BCUT2D eigenvalue weighted by Gasteiger charge is 2.12. The number of thioether (sulfide) groups is 1. The zero-order valence-electron chi connectivity index (χ0n) is 9.49. The molecule has 0 aromatic heterocycles. The summed E-state index contributed by atoms with van der Waals surface area (Å²) in [4.78, 5) is 1.37. The first-order chi connectivity index (χ1) is 7.33. The van der Waals surface area contributed by atoms with Crippen LogP contribution in [0.4, 0.5) is 0 Å². The molecular formula is C12H20N2S. The van der Waals surface area contributed by atoms with Gasteiger partial charge in [0.15, 0.2) is 0 Å². The lowest BCUT2D eigenvalue weighted by Crippen LogP contribution is -2.24. The van der Waals surface area contributed by atoms with Crippen LogP contribution in [0.5, 0.6) is 0 Å². The largest absolute Gasteiger partial charge is 0.330 e. The molecule has 0 fully saturated rings. The number of nitrogens with one attached hydrogen (secondary N) is 1. The van der Waals surface area contributed by atoms with Crippen molar-refractivity contribution in [2.45, 2.75) is 17.7 Å². The van der Waals surface area contributed by atoms with Gasteiger partial charge in [-0.15, -0.1) is 11.8 Å². The van der Waals surface area contributed by atoms with Crippen molar-refractivity contribution in [3.63, 3.8) is 0 Å². The van der Waals surface area contributed by atoms with E-state index in [4.69, 9.17) is 5.73 Å². The number of hydrogen-bond acceptors (Lipinski definition) is 3. The molecule has 0 aliphatic heterocycles. The molecule has 1 unspecified atom stereocenters. The Morgan fingerprint density at radius 2 is 2.13 bits per heavy atom. The molecule has 1 atom stereocenters. The highest BCUT2D eigenvalue weighted by molar-refractivity contribution is 7.99. The molecule has 0 spiro atoms. The summed E-state index contributed by atoms with van der Waals surface area (Å²) in [5.74, 6) is 1.53. The summed E-state index contributed by atoms with van der Waals surface area (Å²) in [5.41, 5.74) is 7.18. The lowest BCUT2D eigenvalue weighted by Gasteiger charge is -2.18. The molecule has 15 heavy (non-hydrogen) atoms. The predicted octanol–water partition coefficient (Wildman–Crippen LogP) is 2.06. The van der Waals surface area contributed by atoms with Gasteiger partial charge in [0.1, 0.15) is 0 Å². The van der Waals surface area contributed by atoms with Gasteiger partial charge in [-0.1, -0.05) is 25.1 Å². The van der Waals surface area contributed by atoms with Crippen LogP contribution >= 0.6 is 11.8 Å². The number of likely N-dealkylation sites (N-methyl/N-ethyl adjacent to an activating group) is 1. The fraction of sp³-hybridized carbons (Fsp3) is 0.500. The zero-order valence-corrected chi connectivity index (χ0v) is 10.3. The van der Waals surface area contributed by atoms with Crippen molar-refractivity contribution in [1.29, 1.82) is 0 Å². The molecule has 1 aromatic rings. The average molecular weight is 224 g/mol. The summed E-state index contributed by atoms with van der Waals surface area (Å²) < 4.78 is 0. The third kappa shape index (κ3) is 3.52. The quantitative estimate of drug-likeness (QED) is 0.726. The molecule has 1 rings (SSSR count). The van der Waals surface area contributed by atoms with E-state index in [0.717, 1.165) is 12.3 Å². The normalized spacial score (nSPS) is 12.7. The third-order valence-corrected chi connectivity index (χ3v) is 3.37. The molecule has 84 valence electrons. The minimum Gasteiger partial charge on any atom is -0.330 e. The van der Waals surface area contributed by atoms with Crippen LogP contribution in [0, 0.1) is 0 Å². The van der Waals surface area contributed by atoms with Crippen LogP contribution in [0.3, 0.4) is 0 Å². The fourth-order valence-corrected chi connectivity index (χ4v) is 2.56. The van der Waals surface area contributed by atoms with Gasteiger partial charge in [-0.05, 0) is 24.4 Å². The first-order valence-electron chi connectivity index (χ1n) is 5.39. The number of benzene rings is 1. The Labute approximate surface area is 96.6 Å². The van der Waals surface area contributed by atoms with Crippen molar-refractivity contribution >= 4 is 11.8 Å². The van der Waals surface area contributed by atoms with Gasteiger partial charge in [0.2, 0.25) is 0 Å². The van der Waals surface area contributed by atoms with E-state index >= 15 is 0 Å². The van der Waals surface area contributed by atoms with E-state index in [1.54, 1.807) is 0 Å². The van der Waals surface area contributed by atoms with Crippen molar-refractivity contribution in [2.24, 2.45) is 5.73 Å². The van der Waals surface area contributed by atoms with Crippen molar-refractivity contribution < 1.29 is 0 Å². The lowest BCUT2D eigenvalue weighted by atomic mass is 9.99. The SMILES string of the molecule is CCSc1ccccc1C(CN)CNC.